The molecule has 0 spiro atoms. The topological polar surface area (TPSA) is 64.5 Å². The van der Waals surface area contributed by atoms with Gasteiger partial charge in [-0.25, -0.2) is 4.98 Å². The van der Waals surface area contributed by atoms with Gasteiger partial charge in [0.05, 0.1) is 20.1 Å². The van der Waals surface area contributed by atoms with Crippen LogP contribution in [0.4, 0.5) is 5.95 Å². The summed E-state index contributed by atoms with van der Waals surface area (Å²) in [6, 6.07) is 1.70. The second-order valence-electron chi connectivity index (χ2n) is 4.21. The van der Waals surface area contributed by atoms with Gasteiger partial charge in [-0.15, -0.1) is 0 Å². The molecule has 0 N–H and O–H groups in total. The molecular weight excluding hydrogens is 234 g/mol. The van der Waals surface area contributed by atoms with Crippen molar-refractivity contribution in [3.05, 3.63) is 12.3 Å². The number of esters is 1. The Morgan fingerprint density at radius 2 is 2.33 bits per heavy atom. The lowest BCUT2D eigenvalue weighted by atomic mass is 9.98. The molecule has 0 bridgehead atoms. The van der Waals surface area contributed by atoms with Crippen LogP contribution in [0.15, 0.2) is 12.3 Å². The molecule has 1 aromatic heterocycles. The van der Waals surface area contributed by atoms with Gasteiger partial charge in [0, 0.05) is 25.4 Å². The van der Waals surface area contributed by atoms with Crippen LogP contribution in [-0.4, -0.2) is 43.2 Å². The fraction of sp³-hybridized carbons (Fsp3) is 0.583. The first kappa shape index (κ1) is 12.6. The number of anilines is 1. The van der Waals surface area contributed by atoms with E-state index in [2.05, 4.69) is 9.97 Å². The Morgan fingerprint density at radius 3 is 3.06 bits per heavy atom. The summed E-state index contributed by atoms with van der Waals surface area (Å²) in [5.41, 5.74) is 0. The van der Waals surface area contributed by atoms with Gasteiger partial charge in [0.1, 0.15) is 0 Å². The molecule has 98 valence electrons. The highest BCUT2D eigenvalue weighted by molar-refractivity contribution is 5.73. The highest BCUT2D eigenvalue weighted by atomic mass is 16.5. The number of hydrogen-bond donors (Lipinski definition) is 0. The molecule has 0 radical (unpaired) electrons. The van der Waals surface area contributed by atoms with Crippen LogP contribution >= 0.6 is 0 Å². The molecule has 1 aliphatic heterocycles. The molecule has 18 heavy (non-hydrogen) atoms. The van der Waals surface area contributed by atoms with E-state index in [1.54, 1.807) is 19.4 Å². The molecule has 1 aromatic rings. The van der Waals surface area contributed by atoms with Crippen LogP contribution in [0.25, 0.3) is 0 Å². The zero-order chi connectivity index (χ0) is 13.0. The number of rotatable bonds is 3. The third-order valence-corrected chi connectivity index (χ3v) is 3.07. The molecule has 1 unspecified atom stereocenters. The summed E-state index contributed by atoms with van der Waals surface area (Å²) in [7, 11) is 2.99. The molecule has 2 rings (SSSR count). The number of methoxy groups -OCH3 is 2. The van der Waals surface area contributed by atoms with E-state index in [-0.39, 0.29) is 11.9 Å². The lowest BCUT2D eigenvalue weighted by molar-refractivity contribution is -0.145. The van der Waals surface area contributed by atoms with Gasteiger partial charge in [0.2, 0.25) is 11.8 Å². The Morgan fingerprint density at radius 1 is 1.50 bits per heavy atom. The van der Waals surface area contributed by atoms with Gasteiger partial charge in [-0.3, -0.25) is 4.79 Å². The monoisotopic (exact) mass is 251 g/mol. The van der Waals surface area contributed by atoms with Crippen LogP contribution in [0.1, 0.15) is 12.8 Å². The minimum Gasteiger partial charge on any atom is -0.481 e. The zero-order valence-electron chi connectivity index (χ0n) is 10.6. The SMILES string of the molecule is COC(=O)C1CCCN(c2nccc(OC)n2)C1. The molecule has 2 heterocycles. The summed E-state index contributed by atoms with van der Waals surface area (Å²) in [6.45, 7) is 1.44. The summed E-state index contributed by atoms with van der Waals surface area (Å²) < 4.78 is 9.86. The van der Waals surface area contributed by atoms with Gasteiger partial charge >= 0.3 is 5.97 Å². The van der Waals surface area contributed by atoms with Gasteiger partial charge in [0.25, 0.3) is 0 Å². The van der Waals surface area contributed by atoms with E-state index in [1.807, 2.05) is 4.90 Å². The van der Waals surface area contributed by atoms with E-state index >= 15 is 0 Å². The maximum atomic E-state index is 11.6. The Bertz CT molecular complexity index is 425. The first-order valence-electron chi connectivity index (χ1n) is 5.94. The smallest absolute Gasteiger partial charge is 0.310 e. The van der Waals surface area contributed by atoms with Crippen molar-refractivity contribution in [2.45, 2.75) is 12.8 Å². The lowest BCUT2D eigenvalue weighted by Crippen LogP contribution is -2.40. The van der Waals surface area contributed by atoms with Crippen molar-refractivity contribution >= 4 is 11.9 Å². The third-order valence-electron chi connectivity index (χ3n) is 3.07. The lowest BCUT2D eigenvalue weighted by Gasteiger charge is -2.31. The van der Waals surface area contributed by atoms with Crippen molar-refractivity contribution < 1.29 is 14.3 Å². The maximum Gasteiger partial charge on any atom is 0.310 e. The van der Waals surface area contributed by atoms with Crippen molar-refractivity contribution in [1.29, 1.82) is 0 Å². The number of carbonyl (C=O) groups is 1. The average molecular weight is 251 g/mol. The number of hydrogen-bond acceptors (Lipinski definition) is 6. The number of piperidine rings is 1. The number of ether oxygens (including phenoxy) is 2. The highest BCUT2D eigenvalue weighted by Crippen LogP contribution is 2.22. The van der Waals surface area contributed by atoms with Crippen LogP contribution in [0.3, 0.4) is 0 Å². The first-order chi connectivity index (χ1) is 8.74. The molecule has 6 heteroatoms. The van der Waals surface area contributed by atoms with Crippen molar-refractivity contribution in [3.8, 4) is 5.88 Å². The fourth-order valence-electron chi connectivity index (χ4n) is 2.12. The summed E-state index contributed by atoms with van der Waals surface area (Å²) in [5.74, 6) is 0.865. The molecule has 1 atom stereocenters. The predicted octanol–water partition coefficient (Wildman–Crippen LogP) is 0.875. The second-order valence-corrected chi connectivity index (χ2v) is 4.21. The summed E-state index contributed by atoms with van der Waals surface area (Å²) in [5, 5.41) is 0. The summed E-state index contributed by atoms with van der Waals surface area (Å²) >= 11 is 0. The standard InChI is InChI=1S/C12H17N3O3/c1-17-10-5-6-13-12(14-10)15-7-3-4-9(8-15)11(16)18-2/h5-6,9H,3-4,7-8H2,1-2H3. The van der Waals surface area contributed by atoms with Crippen LogP contribution in [0.5, 0.6) is 5.88 Å². The molecule has 0 amide bonds. The average Bonchev–Trinajstić information content (AvgIpc) is 2.46. The summed E-state index contributed by atoms with van der Waals surface area (Å²) in [4.78, 5) is 22.0. The van der Waals surface area contributed by atoms with Crippen molar-refractivity contribution in [1.82, 2.24) is 9.97 Å². The van der Waals surface area contributed by atoms with E-state index in [0.717, 1.165) is 19.4 Å². The second kappa shape index (κ2) is 5.66. The van der Waals surface area contributed by atoms with E-state index in [1.165, 1.54) is 7.11 Å². The Balaban J connectivity index is 2.10. The highest BCUT2D eigenvalue weighted by Gasteiger charge is 2.27. The van der Waals surface area contributed by atoms with Gasteiger partial charge in [0.15, 0.2) is 0 Å². The van der Waals surface area contributed by atoms with E-state index in [4.69, 9.17) is 9.47 Å². The summed E-state index contributed by atoms with van der Waals surface area (Å²) in [6.07, 6.45) is 3.44. The molecule has 0 aromatic carbocycles. The molecule has 1 aliphatic rings. The van der Waals surface area contributed by atoms with Gasteiger partial charge in [-0.2, -0.15) is 4.98 Å². The molecule has 1 fully saturated rings. The van der Waals surface area contributed by atoms with E-state index in [9.17, 15) is 4.79 Å². The Kier molecular flexibility index (Phi) is 3.96. The van der Waals surface area contributed by atoms with Gasteiger partial charge in [-0.05, 0) is 12.8 Å². The maximum absolute atomic E-state index is 11.6. The number of carbonyl (C=O) groups excluding carboxylic acids is 1. The molecular formula is C12H17N3O3. The van der Waals surface area contributed by atoms with Crippen LogP contribution in [0, 0.1) is 5.92 Å². The largest absolute Gasteiger partial charge is 0.481 e. The Labute approximate surface area is 106 Å². The fourth-order valence-corrected chi connectivity index (χ4v) is 2.12. The van der Waals surface area contributed by atoms with Crippen LogP contribution in [-0.2, 0) is 9.53 Å². The minimum absolute atomic E-state index is 0.0986. The third kappa shape index (κ3) is 2.69. The van der Waals surface area contributed by atoms with Gasteiger partial charge in [-0.1, -0.05) is 0 Å². The predicted molar refractivity (Wildman–Crippen MR) is 65.5 cm³/mol. The van der Waals surface area contributed by atoms with Crippen molar-refractivity contribution in [2.24, 2.45) is 5.92 Å². The zero-order valence-corrected chi connectivity index (χ0v) is 10.6. The Hall–Kier alpha value is -1.85. The van der Waals surface area contributed by atoms with Crippen LogP contribution in [0.2, 0.25) is 0 Å². The molecule has 6 nitrogen and oxygen atoms in total. The minimum atomic E-state index is -0.164. The van der Waals surface area contributed by atoms with Crippen molar-refractivity contribution in [2.75, 3.05) is 32.2 Å². The van der Waals surface area contributed by atoms with Crippen LogP contribution < -0.4 is 9.64 Å². The number of nitrogens with zero attached hydrogens (tertiary/aromatic N) is 3. The first-order valence-corrected chi connectivity index (χ1v) is 5.94. The normalized spacial score (nSPS) is 19.4. The molecule has 0 saturated carbocycles. The van der Waals surface area contributed by atoms with Crippen molar-refractivity contribution in [3.63, 3.8) is 0 Å². The van der Waals surface area contributed by atoms with E-state index in [0.29, 0.717) is 18.4 Å². The number of aromatic nitrogens is 2. The quantitative estimate of drug-likeness (QED) is 0.743. The van der Waals surface area contributed by atoms with Gasteiger partial charge < -0.3 is 14.4 Å². The van der Waals surface area contributed by atoms with E-state index < -0.39 is 0 Å². The molecule has 1 saturated heterocycles. The molecule has 0 aliphatic carbocycles.